The number of fused-ring (bicyclic) bond motifs is 1. The molecule has 0 aromatic heterocycles. The fraction of sp³-hybridized carbons (Fsp3) is 0.500. The Balaban J connectivity index is 1.90. The lowest BCUT2D eigenvalue weighted by molar-refractivity contribution is 0.0507. The Hall–Kier alpha value is -1.68. The summed E-state index contributed by atoms with van der Waals surface area (Å²) < 4.78 is 0. The molecule has 1 atom stereocenters. The van der Waals surface area contributed by atoms with Gasteiger partial charge in [-0.05, 0) is 30.9 Å². The monoisotopic (exact) mass is 272 g/mol. The average Bonchev–Trinajstić information content (AvgIpc) is 2.75. The molecule has 0 spiro atoms. The van der Waals surface area contributed by atoms with Gasteiger partial charge in [-0.1, -0.05) is 31.4 Å². The number of rotatable bonds is 3. The van der Waals surface area contributed by atoms with Crippen LogP contribution in [0, 0.1) is 5.92 Å². The van der Waals surface area contributed by atoms with Crippen LogP contribution >= 0.6 is 0 Å². The Morgan fingerprint density at radius 2 is 1.60 bits per heavy atom. The predicted octanol–water partition coefficient (Wildman–Crippen LogP) is 2.19. The van der Waals surface area contributed by atoms with Gasteiger partial charge in [-0.25, -0.2) is 0 Å². The van der Waals surface area contributed by atoms with E-state index in [1.807, 2.05) is 0 Å². The van der Waals surface area contributed by atoms with Crippen LogP contribution in [0.3, 0.4) is 0 Å². The van der Waals surface area contributed by atoms with Crippen LogP contribution < -0.4 is 5.73 Å². The lowest BCUT2D eigenvalue weighted by atomic mass is 9.83. The highest BCUT2D eigenvalue weighted by atomic mass is 16.2. The van der Waals surface area contributed by atoms with Crippen molar-refractivity contribution in [3.8, 4) is 0 Å². The minimum absolute atomic E-state index is 0.150. The second kappa shape index (κ2) is 5.37. The van der Waals surface area contributed by atoms with Crippen LogP contribution in [0.2, 0.25) is 0 Å². The lowest BCUT2D eigenvalue weighted by Crippen LogP contribution is -2.49. The van der Waals surface area contributed by atoms with E-state index in [2.05, 4.69) is 0 Å². The fourth-order valence-electron chi connectivity index (χ4n) is 3.54. The molecule has 106 valence electrons. The summed E-state index contributed by atoms with van der Waals surface area (Å²) in [5, 5.41) is 0. The third kappa shape index (κ3) is 2.04. The largest absolute Gasteiger partial charge is 0.328 e. The predicted molar refractivity (Wildman–Crippen MR) is 76.4 cm³/mol. The van der Waals surface area contributed by atoms with E-state index in [0.29, 0.717) is 23.6 Å². The molecule has 1 aliphatic heterocycles. The molecule has 0 radical (unpaired) electrons. The number of carbonyl (C=O) groups is 2. The van der Waals surface area contributed by atoms with Crippen molar-refractivity contribution in [3.05, 3.63) is 35.4 Å². The van der Waals surface area contributed by atoms with E-state index >= 15 is 0 Å². The molecule has 1 heterocycles. The quantitative estimate of drug-likeness (QED) is 0.858. The second-order valence-corrected chi connectivity index (χ2v) is 5.73. The summed E-state index contributed by atoms with van der Waals surface area (Å²) in [6, 6.07) is 6.90. The molecule has 20 heavy (non-hydrogen) atoms. The Labute approximate surface area is 118 Å². The second-order valence-electron chi connectivity index (χ2n) is 5.73. The molecule has 3 rings (SSSR count). The smallest absolute Gasteiger partial charge is 0.261 e. The number of hydrogen-bond acceptors (Lipinski definition) is 3. The van der Waals surface area contributed by atoms with Crippen molar-refractivity contribution in [2.75, 3.05) is 6.54 Å². The summed E-state index contributed by atoms with van der Waals surface area (Å²) in [6.07, 6.45) is 5.72. The maximum atomic E-state index is 12.5. The van der Waals surface area contributed by atoms with E-state index in [1.165, 1.54) is 24.2 Å². The highest BCUT2D eigenvalue weighted by molar-refractivity contribution is 6.21. The summed E-state index contributed by atoms with van der Waals surface area (Å²) in [4.78, 5) is 26.4. The highest BCUT2D eigenvalue weighted by Gasteiger charge is 2.42. The SMILES string of the molecule is NCC(C1CCCCC1)N1C(=O)c2ccccc2C1=O. The maximum Gasteiger partial charge on any atom is 0.261 e. The van der Waals surface area contributed by atoms with Gasteiger partial charge in [0.25, 0.3) is 11.8 Å². The van der Waals surface area contributed by atoms with E-state index in [-0.39, 0.29) is 17.9 Å². The number of imide groups is 1. The molecule has 4 heteroatoms. The van der Waals surface area contributed by atoms with Gasteiger partial charge in [0.2, 0.25) is 0 Å². The molecule has 4 nitrogen and oxygen atoms in total. The first-order valence-corrected chi connectivity index (χ1v) is 7.41. The normalized spacial score (nSPS) is 21.1. The molecule has 0 saturated heterocycles. The van der Waals surface area contributed by atoms with Crippen LogP contribution in [-0.4, -0.2) is 29.3 Å². The molecular weight excluding hydrogens is 252 g/mol. The zero-order chi connectivity index (χ0) is 14.1. The molecule has 2 amide bonds. The van der Waals surface area contributed by atoms with Crippen LogP contribution in [0.15, 0.2) is 24.3 Å². The molecule has 1 aromatic carbocycles. The number of benzene rings is 1. The Morgan fingerprint density at radius 3 is 2.10 bits per heavy atom. The van der Waals surface area contributed by atoms with Gasteiger partial charge in [0, 0.05) is 6.54 Å². The van der Waals surface area contributed by atoms with Crippen molar-refractivity contribution in [1.82, 2.24) is 4.90 Å². The van der Waals surface area contributed by atoms with Gasteiger partial charge in [-0.2, -0.15) is 0 Å². The van der Waals surface area contributed by atoms with Gasteiger partial charge in [0.15, 0.2) is 0 Å². The maximum absolute atomic E-state index is 12.5. The Morgan fingerprint density at radius 1 is 1.05 bits per heavy atom. The van der Waals surface area contributed by atoms with Crippen LogP contribution in [0.25, 0.3) is 0 Å². The summed E-state index contributed by atoms with van der Waals surface area (Å²) in [7, 11) is 0. The van der Waals surface area contributed by atoms with Gasteiger partial charge in [-0.15, -0.1) is 0 Å². The van der Waals surface area contributed by atoms with Crippen LogP contribution in [0.5, 0.6) is 0 Å². The van der Waals surface area contributed by atoms with E-state index < -0.39 is 0 Å². The molecule has 1 aromatic rings. The van der Waals surface area contributed by atoms with Crippen LogP contribution in [0.1, 0.15) is 52.8 Å². The molecule has 1 aliphatic carbocycles. The summed E-state index contributed by atoms with van der Waals surface area (Å²) in [5.74, 6) is 0.00853. The number of nitrogens with two attached hydrogens (primary N) is 1. The molecule has 0 bridgehead atoms. The Kier molecular flexibility index (Phi) is 3.57. The van der Waals surface area contributed by atoms with Gasteiger partial charge in [0.05, 0.1) is 17.2 Å². The van der Waals surface area contributed by atoms with Crippen LogP contribution in [0.4, 0.5) is 0 Å². The summed E-state index contributed by atoms with van der Waals surface area (Å²) >= 11 is 0. The molecule has 1 fully saturated rings. The molecule has 1 saturated carbocycles. The molecular formula is C16H20N2O2. The van der Waals surface area contributed by atoms with E-state index in [1.54, 1.807) is 24.3 Å². The van der Waals surface area contributed by atoms with Crippen molar-refractivity contribution in [3.63, 3.8) is 0 Å². The highest BCUT2D eigenvalue weighted by Crippen LogP contribution is 2.33. The fourth-order valence-corrected chi connectivity index (χ4v) is 3.54. The average molecular weight is 272 g/mol. The lowest BCUT2D eigenvalue weighted by Gasteiger charge is -2.34. The molecule has 2 N–H and O–H groups in total. The topological polar surface area (TPSA) is 63.4 Å². The van der Waals surface area contributed by atoms with Crippen molar-refractivity contribution < 1.29 is 9.59 Å². The third-order valence-corrected chi connectivity index (χ3v) is 4.59. The number of nitrogens with zero attached hydrogens (tertiary/aromatic N) is 1. The van der Waals surface area contributed by atoms with E-state index in [0.717, 1.165) is 12.8 Å². The van der Waals surface area contributed by atoms with Crippen molar-refractivity contribution in [2.45, 2.75) is 38.1 Å². The Bertz CT molecular complexity index is 500. The van der Waals surface area contributed by atoms with Gasteiger partial charge in [0.1, 0.15) is 0 Å². The zero-order valence-electron chi connectivity index (χ0n) is 11.5. The van der Waals surface area contributed by atoms with Gasteiger partial charge in [-0.3, -0.25) is 14.5 Å². The first-order chi connectivity index (χ1) is 9.74. The van der Waals surface area contributed by atoms with Gasteiger partial charge >= 0.3 is 0 Å². The van der Waals surface area contributed by atoms with Crippen molar-refractivity contribution in [1.29, 1.82) is 0 Å². The molecule has 2 aliphatic rings. The van der Waals surface area contributed by atoms with Gasteiger partial charge < -0.3 is 5.73 Å². The zero-order valence-corrected chi connectivity index (χ0v) is 11.5. The first-order valence-electron chi connectivity index (χ1n) is 7.41. The van der Waals surface area contributed by atoms with Crippen molar-refractivity contribution >= 4 is 11.8 Å². The van der Waals surface area contributed by atoms with E-state index in [9.17, 15) is 9.59 Å². The first kappa shape index (κ1) is 13.3. The number of amides is 2. The standard InChI is InChI=1S/C16H20N2O2/c17-10-14(11-6-2-1-3-7-11)18-15(19)12-8-4-5-9-13(12)16(18)20/h4-5,8-9,11,14H,1-3,6-7,10,17H2. The van der Waals surface area contributed by atoms with E-state index in [4.69, 9.17) is 5.73 Å². The number of carbonyl (C=O) groups excluding carboxylic acids is 2. The third-order valence-electron chi connectivity index (χ3n) is 4.59. The van der Waals surface area contributed by atoms with Crippen LogP contribution in [-0.2, 0) is 0 Å². The summed E-state index contributed by atoms with van der Waals surface area (Å²) in [6.45, 7) is 0.357. The minimum atomic E-state index is -0.174. The minimum Gasteiger partial charge on any atom is -0.328 e. The number of hydrogen-bond donors (Lipinski definition) is 1. The molecule has 1 unspecified atom stereocenters. The van der Waals surface area contributed by atoms with Crippen molar-refractivity contribution in [2.24, 2.45) is 11.7 Å². The summed E-state index contributed by atoms with van der Waals surface area (Å²) in [5.41, 5.74) is 6.94.